The second-order valence-electron chi connectivity index (χ2n) is 10.0. The van der Waals surface area contributed by atoms with Crippen molar-refractivity contribution in [1.82, 2.24) is 25.5 Å². The van der Waals surface area contributed by atoms with E-state index in [-0.39, 0.29) is 18.0 Å². The quantitative estimate of drug-likeness (QED) is 0.431. The van der Waals surface area contributed by atoms with Gasteiger partial charge in [-0.3, -0.25) is 29.1 Å². The third-order valence-electron chi connectivity index (χ3n) is 6.63. The fraction of sp³-hybridized carbons (Fsp3) is 0.462. The molecule has 0 aliphatic carbocycles. The Morgan fingerprint density at radius 2 is 1.74 bits per heavy atom. The fourth-order valence-electron chi connectivity index (χ4n) is 4.52. The SMILES string of the molecule is CC(C)C[C@H](NC(=O)C(Cc1ccccc1)NC(=O)c1cnccn1)B1OC(=O)[C@H]2CSC[C@H](C(=O)O1)N2C. The van der Waals surface area contributed by atoms with E-state index in [2.05, 4.69) is 20.6 Å². The van der Waals surface area contributed by atoms with Crippen LogP contribution in [0.3, 0.4) is 0 Å². The minimum atomic E-state index is -1.30. The summed E-state index contributed by atoms with van der Waals surface area (Å²) in [6.45, 7) is 3.89. The maximum Gasteiger partial charge on any atom is 0.622 e. The molecule has 2 aliphatic heterocycles. The molecule has 4 rings (SSSR count). The van der Waals surface area contributed by atoms with Crippen LogP contribution in [0.4, 0.5) is 0 Å². The molecular formula is C26H32BN5O6S. The van der Waals surface area contributed by atoms with Gasteiger partial charge in [-0.15, -0.1) is 0 Å². The monoisotopic (exact) mass is 553 g/mol. The maximum absolute atomic E-state index is 13.7. The number of carbonyl (C=O) groups is 4. The van der Waals surface area contributed by atoms with Gasteiger partial charge < -0.3 is 19.9 Å². The third kappa shape index (κ3) is 7.36. The molecule has 2 bridgehead atoms. The summed E-state index contributed by atoms with van der Waals surface area (Å²) in [6.07, 6.45) is 4.72. The molecule has 3 heterocycles. The van der Waals surface area contributed by atoms with Gasteiger partial charge in [-0.2, -0.15) is 11.8 Å². The van der Waals surface area contributed by atoms with E-state index in [0.717, 1.165) is 5.56 Å². The molecule has 2 aliphatic rings. The zero-order valence-corrected chi connectivity index (χ0v) is 22.9. The molecule has 13 heteroatoms. The molecule has 2 fully saturated rings. The van der Waals surface area contributed by atoms with Crippen LogP contribution in [0.15, 0.2) is 48.9 Å². The Balaban J connectivity index is 1.56. The van der Waals surface area contributed by atoms with Crippen molar-refractivity contribution in [3.8, 4) is 0 Å². The van der Waals surface area contributed by atoms with E-state index >= 15 is 0 Å². The highest BCUT2D eigenvalue weighted by Crippen LogP contribution is 2.26. The first-order valence-corrected chi connectivity index (χ1v) is 14.0. The van der Waals surface area contributed by atoms with Crippen molar-refractivity contribution in [1.29, 1.82) is 0 Å². The zero-order chi connectivity index (χ0) is 27.9. The summed E-state index contributed by atoms with van der Waals surface area (Å²) >= 11 is 1.50. The van der Waals surface area contributed by atoms with Gasteiger partial charge >= 0.3 is 19.1 Å². The first-order valence-electron chi connectivity index (χ1n) is 12.8. The Bertz CT molecular complexity index is 1150. The average Bonchev–Trinajstić information content (AvgIpc) is 2.92. The van der Waals surface area contributed by atoms with Crippen LogP contribution in [0.5, 0.6) is 0 Å². The Hall–Kier alpha value is -3.45. The highest BCUT2D eigenvalue weighted by Gasteiger charge is 2.48. The molecule has 2 amide bonds. The van der Waals surface area contributed by atoms with Gasteiger partial charge in [0.15, 0.2) is 0 Å². The van der Waals surface area contributed by atoms with E-state index in [9.17, 15) is 19.2 Å². The van der Waals surface area contributed by atoms with Crippen LogP contribution in [0.25, 0.3) is 0 Å². The molecule has 0 saturated carbocycles. The highest BCUT2D eigenvalue weighted by molar-refractivity contribution is 7.99. The summed E-state index contributed by atoms with van der Waals surface area (Å²) < 4.78 is 11.3. The smallest absolute Gasteiger partial charge is 0.497 e. The van der Waals surface area contributed by atoms with Gasteiger partial charge in [0.05, 0.1) is 12.1 Å². The Morgan fingerprint density at radius 1 is 1.08 bits per heavy atom. The van der Waals surface area contributed by atoms with Crippen molar-refractivity contribution in [3.63, 3.8) is 0 Å². The van der Waals surface area contributed by atoms with Crippen molar-refractivity contribution in [3.05, 3.63) is 60.2 Å². The number of amides is 2. The number of nitrogens with one attached hydrogen (secondary N) is 2. The second kappa shape index (κ2) is 13.1. The van der Waals surface area contributed by atoms with E-state index in [1.807, 2.05) is 44.2 Å². The lowest BCUT2D eigenvalue weighted by Crippen LogP contribution is -2.63. The third-order valence-corrected chi connectivity index (χ3v) is 7.73. The predicted octanol–water partition coefficient (Wildman–Crippen LogP) is 0.892. The number of hydrogen-bond donors (Lipinski definition) is 2. The van der Waals surface area contributed by atoms with Gasteiger partial charge in [0.25, 0.3) is 5.91 Å². The largest absolute Gasteiger partial charge is 0.622 e. The summed E-state index contributed by atoms with van der Waals surface area (Å²) in [5.41, 5.74) is 0.896. The van der Waals surface area contributed by atoms with Crippen molar-refractivity contribution in [2.45, 2.75) is 50.8 Å². The fourth-order valence-corrected chi connectivity index (χ4v) is 5.85. The predicted molar refractivity (Wildman–Crippen MR) is 145 cm³/mol. The molecule has 206 valence electrons. The van der Waals surface area contributed by atoms with Gasteiger partial charge in [0, 0.05) is 30.3 Å². The first kappa shape index (κ1) is 28.6. The molecule has 4 atom stereocenters. The lowest BCUT2D eigenvalue weighted by Gasteiger charge is -2.40. The van der Waals surface area contributed by atoms with Crippen LogP contribution in [0.1, 0.15) is 36.3 Å². The lowest BCUT2D eigenvalue weighted by atomic mass is 9.73. The molecule has 2 N–H and O–H groups in total. The second-order valence-corrected chi connectivity index (χ2v) is 11.1. The van der Waals surface area contributed by atoms with Gasteiger partial charge in [-0.25, -0.2) is 4.98 Å². The molecule has 0 radical (unpaired) electrons. The van der Waals surface area contributed by atoms with Crippen molar-refractivity contribution < 1.29 is 28.5 Å². The van der Waals surface area contributed by atoms with Crippen LogP contribution in [0, 0.1) is 5.92 Å². The van der Waals surface area contributed by atoms with Crippen LogP contribution in [-0.2, 0) is 30.1 Å². The standard InChI is InChI=1S/C26H32BN5O6S/c1-16(2)11-22(27-37-25(35)20-14-39-15-21(32(20)3)26(36)38-27)31-23(33)18(12-17-7-5-4-6-8-17)30-24(34)19-13-28-9-10-29-19/h4-10,13,16,18,20-22H,11-12,14-15H2,1-3H3,(H,30,34)(H,31,33)/t18?,20-,21-,22+/m1/s1. The topological polar surface area (TPSA) is 140 Å². The Labute approximate surface area is 232 Å². The van der Waals surface area contributed by atoms with Crippen LogP contribution in [0.2, 0.25) is 0 Å². The first-order chi connectivity index (χ1) is 18.7. The number of rotatable bonds is 9. The molecule has 1 aromatic carbocycles. The number of hydrogen-bond acceptors (Lipinski definition) is 10. The number of nitrogens with zero attached hydrogens (tertiary/aromatic N) is 3. The molecule has 11 nitrogen and oxygen atoms in total. The summed E-state index contributed by atoms with van der Waals surface area (Å²) in [6, 6.07) is 7.09. The van der Waals surface area contributed by atoms with Crippen molar-refractivity contribution in [2.75, 3.05) is 18.6 Å². The summed E-state index contributed by atoms with van der Waals surface area (Å²) in [4.78, 5) is 62.2. The van der Waals surface area contributed by atoms with Crippen LogP contribution >= 0.6 is 11.8 Å². The zero-order valence-electron chi connectivity index (χ0n) is 22.1. The molecule has 39 heavy (non-hydrogen) atoms. The minimum absolute atomic E-state index is 0.0673. The van der Waals surface area contributed by atoms with Crippen molar-refractivity contribution in [2.24, 2.45) is 5.92 Å². The normalized spacial score (nSPS) is 21.2. The Kier molecular flexibility index (Phi) is 9.57. The minimum Gasteiger partial charge on any atom is -0.497 e. The van der Waals surface area contributed by atoms with E-state index in [0.29, 0.717) is 17.9 Å². The van der Waals surface area contributed by atoms with Crippen LogP contribution in [-0.4, -0.2) is 88.4 Å². The number of likely N-dealkylation sites (N-methyl/N-ethyl adjacent to an activating group) is 1. The van der Waals surface area contributed by atoms with Crippen LogP contribution < -0.4 is 10.6 Å². The summed E-state index contributed by atoms with van der Waals surface area (Å²) in [5.74, 6) is -1.84. The average molecular weight is 553 g/mol. The van der Waals surface area contributed by atoms with Gasteiger partial charge in [-0.1, -0.05) is 44.2 Å². The van der Waals surface area contributed by atoms with E-state index < -0.39 is 54.9 Å². The molecule has 0 spiro atoms. The maximum atomic E-state index is 13.7. The number of carbonyl (C=O) groups excluding carboxylic acids is 4. The molecular weight excluding hydrogens is 521 g/mol. The van der Waals surface area contributed by atoms with Crippen molar-refractivity contribution >= 4 is 42.6 Å². The molecule has 2 saturated heterocycles. The van der Waals surface area contributed by atoms with E-state index in [4.69, 9.17) is 9.31 Å². The van der Waals surface area contributed by atoms with Gasteiger partial charge in [-0.05, 0) is 24.9 Å². The van der Waals surface area contributed by atoms with Gasteiger partial charge in [0.2, 0.25) is 5.91 Å². The molecule has 1 aromatic heterocycles. The number of benzene rings is 1. The number of thioether (sulfide) groups is 1. The van der Waals surface area contributed by atoms with Gasteiger partial charge in [0.1, 0.15) is 23.8 Å². The summed E-state index contributed by atoms with van der Waals surface area (Å²) in [5, 5.41) is 5.64. The lowest BCUT2D eigenvalue weighted by molar-refractivity contribution is -0.153. The number of aromatic nitrogens is 2. The molecule has 1 unspecified atom stereocenters. The van der Waals surface area contributed by atoms with E-state index in [1.165, 1.54) is 30.4 Å². The summed E-state index contributed by atoms with van der Waals surface area (Å²) in [7, 11) is 0.408. The Morgan fingerprint density at radius 3 is 2.33 bits per heavy atom. The van der Waals surface area contributed by atoms with E-state index in [1.54, 1.807) is 11.9 Å². The highest BCUT2D eigenvalue weighted by atomic mass is 32.2. The number of fused-ring (bicyclic) bond motifs is 2. The molecule has 2 aromatic rings.